The molecule has 1 heterocycles. The molecule has 1 rings (SSSR count). The van der Waals surface area contributed by atoms with Gasteiger partial charge in [-0.05, 0) is 25.6 Å². The fraction of sp³-hybridized carbons (Fsp3) is 0.600. The first-order valence-electron chi connectivity index (χ1n) is 4.77. The molecule has 0 aromatic heterocycles. The molecule has 0 spiro atoms. The van der Waals surface area contributed by atoms with E-state index in [1.54, 1.807) is 0 Å². The van der Waals surface area contributed by atoms with Gasteiger partial charge in [-0.1, -0.05) is 6.58 Å². The largest absolute Gasteiger partial charge is 0.370 e. The molecule has 1 fully saturated rings. The minimum absolute atomic E-state index is 0.211. The second-order valence-electron chi connectivity index (χ2n) is 3.78. The molecule has 1 unspecified atom stereocenters. The molecule has 0 aromatic carbocycles. The Morgan fingerprint density at radius 3 is 2.93 bits per heavy atom. The number of aliphatic imine (C=N–C) groups is 1. The first kappa shape index (κ1) is 10.9. The number of nitrogens with two attached hydrogens (primary N) is 1. The molecule has 2 N–H and O–H groups in total. The third-order valence-electron chi connectivity index (χ3n) is 2.49. The van der Waals surface area contributed by atoms with E-state index in [0.29, 0.717) is 12.3 Å². The Bertz CT molecular complexity index is 250. The average Bonchev–Trinajstić information content (AvgIpc) is 2.51. The predicted molar refractivity (Wildman–Crippen MR) is 57.0 cm³/mol. The van der Waals surface area contributed by atoms with Crippen molar-refractivity contribution in [2.24, 2.45) is 16.6 Å². The number of carbonyl (C=O) groups is 1. The molecule has 14 heavy (non-hydrogen) atoms. The monoisotopic (exact) mass is 195 g/mol. The Kier molecular flexibility index (Phi) is 3.83. The van der Waals surface area contributed by atoms with Crippen LogP contribution in [0.25, 0.3) is 0 Å². The molecule has 1 aliphatic rings. The van der Waals surface area contributed by atoms with Crippen LogP contribution in [0.2, 0.25) is 0 Å². The second-order valence-corrected chi connectivity index (χ2v) is 3.78. The normalized spacial score (nSPS) is 22.1. The molecule has 0 aromatic rings. The highest BCUT2D eigenvalue weighted by atomic mass is 16.1. The van der Waals surface area contributed by atoms with Crippen LogP contribution in [0.15, 0.2) is 17.3 Å². The Morgan fingerprint density at radius 2 is 2.36 bits per heavy atom. The third kappa shape index (κ3) is 3.30. The predicted octanol–water partition coefficient (Wildman–Crippen LogP) is 0.398. The standard InChI is InChI=1S/C10H17N3O/c1-8(12-2)6-13-4-3-9(7-13)5-10(11)14/h9H,1-7H2,(H2,11,14). The van der Waals surface area contributed by atoms with E-state index in [-0.39, 0.29) is 5.91 Å². The Labute approximate surface area is 84.5 Å². The molecule has 4 heteroatoms. The fourth-order valence-electron chi connectivity index (χ4n) is 1.82. The van der Waals surface area contributed by atoms with Gasteiger partial charge in [0.15, 0.2) is 0 Å². The van der Waals surface area contributed by atoms with Crippen molar-refractivity contribution in [3.8, 4) is 0 Å². The van der Waals surface area contributed by atoms with Crippen LogP contribution in [0, 0.1) is 5.92 Å². The number of hydrogen-bond donors (Lipinski definition) is 1. The first-order valence-corrected chi connectivity index (χ1v) is 4.77. The minimum atomic E-state index is -0.211. The summed E-state index contributed by atoms with van der Waals surface area (Å²) in [5, 5.41) is 0. The van der Waals surface area contributed by atoms with Crippen molar-refractivity contribution in [1.82, 2.24) is 4.90 Å². The summed E-state index contributed by atoms with van der Waals surface area (Å²) in [5.74, 6) is 0.197. The van der Waals surface area contributed by atoms with Crippen molar-refractivity contribution in [3.63, 3.8) is 0 Å². The topological polar surface area (TPSA) is 58.7 Å². The summed E-state index contributed by atoms with van der Waals surface area (Å²) in [4.78, 5) is 16.7. The van der Waals surface area contributed by atoms with Crippen LogP contribution in [-0.2, 0) is 4.79 Å². The fourth-order valence-corrected chi connectivity index (χ4v) is 1.82. The van der Waals surface area contributed by atoms with Crippen molar-refractivity contribution in [2.75, 3.05) is 19.6 Å². The first-order chi connectivity index (χ1) is 6.61. The summed E-state index contributed by atoms with van der Waals surface area (Å²) in [5.41, 5.74) is 5.92. The smallest absolute Gasteiger partial charge is 0.217 e. The van der Waals surface area contributed by atoms with Gasteiger partial charge >= 0.3 is 0 Å². The lowest BCUT2D eigenvalue weighted by atomic mass is 10.1. The van der Waals surface area contributed by atoms with Gasteiger partial charge in [0.25, 0.3) is 0 Å². The van der Waals surface area contributed by atoms with E-state index in [4.69, 9.17) is 5.73 Å². The maximum absolute atomic E-state index is 10.7. The van der Waals surface area contributed by atoms with E-state index in [2.05, 4.69) is 23.2 Å². The third-order valence-corrected chi connectivity index (χ3v) is 2.49. The van der Waals surface area contributed by atoms with Crippen LogP contribution in [0.4, 0.5) is 0 Å². The van der Waals surface area contributed by atoms with Crippen molar-refractivity contribution < 1.29 is 4.79 Å². The van der Waals surface area contributed by atoms with Gasteiger partial charge in [0, 0.05) is 25.2 Å². The highest BCUT2D eigenvalue weighted by Gasteiger charge is 2.23. The number of amides is 1. The number of carbonyl (C=O) groups excluding carboxylic acids is 1. The molecule has 0 bridgehead atoms. The van der Waals surface area contributed by atoms with Crippen LogP contribution in [0.3, 0.4) is 0 Å². The number of nitrogens with zero attached hydrogens (tertiary/aromatic N) is 2. The molecule has 0 saturated carbocycles. The van der Waals surface area contributed by atoms with Crippen molar-refractivity contribution in [1.29, 1.82) is 0 Å². The van der Waals surface area contributed by atoms with Gasteiger partial charge in [0.2, 0.25) is 5.91 Å². The Hall–Kier alpha value is -1.16. The lowest BCUT2D eigenvalue weighted by molar-refractivity contribution is -0.118. The average molecular weight is 195 g/mol. The van der Waals surface area contributed by atoms with Crippen LogP contribution in [0.5, 0.6) is 0 Å². The zero-order chi connectivity index (χ0) is 10.6. The molecular weight excluding hydrogens is 178 g/mol. The molecular formula is C10H17N3O. The zero-order valence-corrected chi connectivity index (χ0v) is 8.41. The summed E-state index contributed by atoms with van der Waals surface area (Å²) in [6.07, 6.45) is 1.53. The van der Waals surface area contributed by atoms with Crippen molar-refractivity contribution in [2.45, 2.75) is 12.8 Å². The van der Waals surface area contributed by atoms with Crippen molar-refractivity contribution >= 4 is 12.6 Å². The van der Waals surface area contributed by atoms with E-state index in [1.807, 2.05) is 0 Å². The van der Waals surface area contributed by atoms with E-state index in [0.717, 1.165) is 31.8 Å². The SMILES string of the molecule is C=NC(=C)CN1CCC(CC(N)=O)C1. The molecule has 0 aliphatic carbocycles. The molecule has 1 amide bonds. The number of rotatable bonds is 5. The maximum atomic E-state index is 10.7. The summed E-state index contributed by atoms with van der Waals surface area (Å²) >= 11 is 0. The Balaban J connectivity index is 2.30. The zero-order valence-electron chi connectivity index (χ0n) is 8.41. The van der Waals surface area contributed by atoms with Gasteiger partial charge in [0.05, 0.1) is 0 Å². The summed E-state index contributed by atoms with van der Waals surface area (Å²) in [6.45, 7) is 9.84. The minimum Gasteiger partial charge on any atom is -0.370 e. The number of likely N-dealkylation sites (tertiary alicyclic amines) is 1. The van der Waals surface area contributed by atoms with E-state index in [1.165, 1.54) is 0 Å². The van der Waals surface area contributed by atoms with E-state index < -0.39 is 0 Å². The number of hydrogen-bond acceptors (Lipinski definition) is 3. The van der Waals surface area contributed by atoms with Gasteiger partial charge in [-0.15, -0.1) is 0 Å². The summed E-state index contributed by atoms with van der Waals surface area (Å²) < 4.78 is 0. The molecule has 1 atom stereocenters. The highest BCUT2D eigenvalue weighted by Crippen LogP contribution is 2.19. The van der Waals surface area contributed by atoms with Crippen molar-refractivity contribution in [3.05, 3.63) is 12.3 Å². The van der Waals surface area contributed by atoms with Gasteiger partial charge in [-0.3, -0.25) is 14.7 Å². The molecule has 1 aliphatic heterocycles. The molecule has 78 valence electrons. The highest BCUT2D eigenvalue weighted by molar-refractivity contribution is 5.74. The van der Waals surface area contributed by atoms with Gasteiger partial charge < -0.3 is 5.73 Å². The van der Waals surface area contributed by atoms with E-state index >= 15 is 0 Å². The van der Waals surface area contributed by atoms with Crippen LogP contribution < -0.4 is 5.73 Å². The summed E-state index contributed by atoms with van der Waals surface area (Å²) in [6, 6.07) is 0. The molecule has 1 saturated heterocycles. The van der Waals surface area contributed by atoms with Crippen LogP contribution in [0.1, 0.15) is 12.8 Å². The van der Waals surface area contributed by atoms with Crippen LogP contribution in [-0.4, -0.2) is 37.2 Å². The lowest BCUT2D eigenvalue weighted by Gasteiger charge is -2.14. The molecule has 4 nitrogen and oxygen atoms in total. The maximum Gasteiger partial charge on any atom is 0.217 e. The lowest BCUT2D eigenvalue weighted by Crippen LogP contribution is -2.24. The Morgan fingerprint density at radius 1 is 1.64 bits per heavy atom. The van der Waals surface area contributed by atoms with Crippen LogP contribution >= 0.6 is 0 Å². The molecule has 0 radical (unpaired) electrons. The summed E-state index contributed by atoms with van der Waals surface area (Å²) in [7, 11) is 0. The van der Waals surface area contributed by atoms with Gasteiger partial charge in [-0.2, -0.15) is 0 Å². The van der Waals surface area contributed by atoms with Gasteiger partial charge in [0.1, 0.15) is 0 Å². The second kappa shape index (κ2) is 4.91. The van der Waals surface area contributed by atoms with Gasteiger partial charge in [-0.25, -0.2) is 0 Å². The van der Waals surface area contributed by atoms with E-state index in [9.17, 15) is 4.79 Å². The quantitative estimate of drug-likeness (QED) is 0.645. The number of primary amides is 1.